The van der Waals surface area contributed by atoms with Crippen LogP contribution in [0.1, 0.15) is 16.2 Å². The molecule has 0 N–H and O–H groups in total. The summed E-state index contributed by atoms with van der Waals surface area (Å²) in [7, 11) is 1.24. The van der Waals surface area contributed by atoms with Crippen molar-refractivity contribution in [1.82, 2.24) is 14.6 Å². The van der Waals surface area contributed by atoms with E-state index in [0.29, 0.717) is 5.69 Å². The van der Waals surface area contributed by atoms with Crippen molar-refractivity contribution < 1.29 is 14.5 Å². The number of methoxy groups -OCH3 is 1. The zero-order valence-electron chi connectivity index (χ0n) is 9.08. The molecule has 8 heteroatoms. The minimum Gasteiger partial charge on any atom is -0.464 e. The van der Waals surface area contributed by atoms with Gasteiger partial charge in [-0.1, -0.05) is 0 Å². The summed E-state index contributed by atoms with van der Waals surface area (Å²) >= 11 is 0. The van der Waals surface area contributed by atoms with Crippen LogP contribution in [0.15, 0.2) is 12.1 Å². The average Bonchev–Trinajstić information content (AvgIpc) is 2.72. The zero-order valence-corrected chi connectivity index (χ0v) is 9.08. The smallest absolute Gasteiger partial charge is 0.392 e. The minimum atomic E-state index is -0.619. The lowest BCUT2D eigenvalue weighted by Crippen LogP contribution is -2.07. The molecule has 0 bridgehead atoms. The summed E-state index contributed by atoms with van der Waals surface area (Å²) in [5.74, 6) is -0.915. The molecule has 0 fully saturated rings. The molecule has 0 aliphatic carbocycles. The van der Waals surface area contributed by atoms with Crippen LogP contribution in [-0.2, 0) is 4.74 Å². The van der Waals surface area contributed by atoms with Crippen molar-refractivity contribution >= 4 is 17.4 Å². The number of nitro groups is 1. The molecule has 0 spiro atoms. The second kappa shape index (κ2) is 3.81. The Kier molecular flexibility index (Phi) is 2.47. The molecule has 0 radical (unpaired) electrons. The summed E-state index contributed by atoms with van der Waals surface area (Å²) in [6.45, 7) is 1.66. The normalized spacial score (nSPS) is 10.5. The maximum Gasteiger partial charge on any atom is 0.392 e. The Bertz CT molecular complexity index is 619. The van der Waals surface area contributed by atoms with E-state index in [4.69, 9.17) is 0 Å². The van der Waals surface area contributed by atoms with Gasteiger partial charge in [0.15, 0.2) is 11.3 Å². The number of fused-ring (bicyclic) bond motifs is 1. The number of hydrogen-bond donors (Lipinski definition) is 0. The summed E-state index contributed by atoms with van der Waals surface area (Å²) in [5, 5.41) is 14.3. The zero-order chi connectivity index (χ0) is 12.6. The molecule has 2 heterocycles. The standard InChI is InChI=1S/C9H8N4O4/c1-5-3-6(9(14)17-2)10-7-4-8(13(15)16)11-12(5)7/h3-4H,1-2H3. The van der Waals surface area contributed by atoms with Crippen LogP contribution in [0.25, 0.3) is 5.65 Å². The molecule has 0 saturated carbocycles. The van der Waals surface area contributed by atoms with Crippen molar-refractivity contribution in [3.8, 4) is 0 Å². The molecule has 0 aromatic carbocycles. The van der Waals surface area contributed by atoms with Gasteiger partial charge in [-0.15, -0.1) is 4.52 Å². The third-order valence-electron chi connectivity index (χ3n) is 2.17. The Morgan fingerprint density at radius 1 is 1.53 bits per heavy atom. The number of esters is 1. The first kappa shape index (κ1) is 11.0. The largest absolute Gasteiger partial charge is 0.464 e. The minimum absolute atomic E-state index is 0.0901. The number of rotatable bonds is 2. The molecular formula is C9H8N4O4. The maximum absolute atomic E-state index is 11.3. The second-order valence-electron chi connectivity index (χ2n) is 3.30. The van der Waals surface area contributed by atoms with Crippen molar-refractivity contribution in [2.45, 2.75) is 6.92 Å². The van der Waals surface area contributed by atoms with Crippen LogP contribution in [-0.4, -0.2) is 32.6 Å². The van der Waals surface area contributed by atoms with Gasteiger partial charge in [0, 0.05) is 0 Å². The number of carbonyl (C=O) groups excluding carboxylic acids is 1. The number of ether oxygens (including phenoxy) is 1. The van der Waals surface area contributed by atoms with Crippen LogP contribution in [0.3, 0.4) is 0 Å². The first-order valence-corrected chi connectivity index (χ1v) is 4.63. The summed E-state index contributed by atoms with van der Waals surface area (Å²) < 4.78 is 5.83. The van der Waals surface area contributed by atoms with E-state index in [9.17, 15) is 14.9 Å². The number of hydrogen-bond acceptors (Lipinski definition) is 6. The van der Waals surface area contributed by atoms with E-state index in [-0.39, 0.29) is 17.2 Å². The van der Waals surface area contributed by atoms with Crippen LogP contribution < -0.4 is 0 Å². The molecule has 0 amide bonds. The van der Waals surface area contributed by atoms with Gasteiger partial charge in [-0.3, -0.25) is 0 Å². The van der Waals surface area contributed by atoms with E-state index in [1.54, 1.807) is 6.92 Å². The van der Waals surface area contributed by atoms with Crippen LogP contribution in [0.4, 0.5) is 5.82 Å². The third kappa shape index (κ3) is 1.80. The Morgan fingerprint density at radius 2 is 2.24 bits per heavy atom. The van der Waals surface area contributed by atoms with E-state index in [1.807, 2.05) is 0 Å². The predicted octanol–water partition coefficient (Wildman–Crippen LogP) is 0.733. The van der Waals surface area contributed by atoms with Crippen LogP contribution in [0.2, 0.25) is 0 Å². The van der Waals surface area contributed by atoms with Gasteiger partial charge >= 0.3 is 11.8 Å². The summed E-state index contributed by atoms with van der Waals surface area (Å²) in [4.78, 5) is 25.2. The fourth-order valence-electron chi connectivity index (χ4n) is 1.41. The van der Waals surface area contributed by atoms with Gasteiger partial charge in [-0.2, -0.15) is 0 Å². The van der Waals surface area contributed by atoms with Crippen LogP contribution in [0.5, 0.6) is 0 Å². The molecule has 0 aliphatic heterocycles. The van der Waals surface area contributed by atoms with Gasteiger partial charge in [-0.05, 0) is 17.9 Å². The van der Waals surface area contributed by atoms with Gasteiger partial charge in [0.2, 0.25) is 0 Å². The van der Waals surface area contributed by atoms with Gasteiger partial charge in [0.1, 0.15) is 0 Å². The number of aromatic nitrogens is 3. The number of aryl methyl sites for hydroxylation is 1. The van der Waals surface area contributed by atoms with Gasteiger partial charge in [0.05, 0.1) is 24.0 Å². The first-order valence-electron chi connectivity index (χ1n) is 4.63. The molecule has 0 unspecified atom stereocenters. The highest BCUT2D eigenvalue weighted by Crippen LogP contribution is 2.14. The SMILES string of the molecule is COC(=O)c1cc(C)n2nc([N+](=O)[O-])cc2n1. The lowest BCUT2D eigenvalue weighted by atomic mass is 10.3. The first-order chi connectivity index (χ1) is 8.02. The van der Waals surface area contributed by atoms with E-state index >= 15 is 0 Å². The van der Waals surface area contributed by atoms with Gasteiger partial charge in [-0.25, -0.2) is 9.78 Å². The Labute approximate surface area is 95.0 Å². The third-order valence-corrected chi connectivity index (χ3v) is 2.17. The van der Waals surface area contributed by atoms with Gasteiger partial charge in [0.25, 0.3) is 0 Å². The van der Waals surface area contributed by atoms with Crippen molar-refractivity contribution in [2.75, 3.05) is 7.11 Å². The van der Waals surface area contributed by atoms with E-state index in [0.717, 1.165) is 0 Å². The number of nitrogens with zero attached hydrogens (tertiary/aromatic N) is 4. The maximum atomic E-state index is 11.3. The van der Waals surface area contributed by atoms with Crippen LogP contribution in [0, 0.1) is 17.0 Å². The Balaban J connectivity index is 2.65. The molecule has 17 heavy (non-hydrogen) atoms. The highest BCUT2D eigenvalue weighted by atomic mass is 16.6. The number of carbonyl (C=O) groups is 1. The Hall–Kier alpha value is -2.51. The molecule has 8 nitrogen and oxygen atoms in total. The molecule has 2 aromatic rings. The van der Waals surface area contributed by atoms with Gasteiger partial charge < -0.3 is 14.9 Å². The fourth-order valence-corrected chi connectivity index (χ4v) is 1.41. The van der Waals surface area contributed by atoms with E-state index in [1.165, 1.54) is 23.8 Å². The predicted molar refractivity (Wildman–Crippen MR) is 55.7 cm³/mol. The molecule has 0 atom stereocenters. The molecule has 88 valence electrons. The van der Waals surface area contributed by atoms with Crippen molar-refractivity contribution in [1.29, 1.82) is 0 Å². The van der Waals surface area contributed by atoms with Crippen molar-refractivity contribution in [3.05, 3.63) is 33.6 Å². The summed E-state index contributed by atoms with van der Waals surface area (Å²) in [6, 6.07) is 2.65. The molecular weight excluding hydrogens is 228 g/mol. The highest BCUT2D eigenvalue weighted by Gasteiger charge is 2.18. The lowest BCUT2D eigenvalue weighted by molar-refractivity contribution is -0.389. The summed E-state index contributed by atoms with van der Waals surface area (Å²) in [6.07, 6.45) is 0. The van der Waals surface area contributed by atoms with Crippen molar-refractivity contribution in [3.63, 3.8) is 0 Å². The average molecular weight is 236 g/mol. The van der Waals surface area contributed by atoms with E-state index in [2.05, 4.69) is 14.8 Å². The second-order valence-corrected chi connectivity index (χ2v) is 3.30. The molecule has 0 saturated heterocycles. The fraction of sp³-hybridized carbons (Fsp3) is 0.222. The monoisotopic (exact) mass is 236 g/mol. The quantitative estimate of drug-likeness (QED) is 0.433. The van der Waals surface area contributed by atoms with Crippen LogP contribution >= 0.6 is 0 Å². The van der Waals surface area contributed by atoms with Crippen molar-refractivity contribution in [2.24, 2.45) is 0 Å². The molecule has 2 aromatic heterocycles. The molecule has 2 rings (SSSR count). The topological polar surface area (TPSA) is 99.6 Å². The lowest BCUT2D eigenvalue weighted by Gasteiger charge is -1.99. The highest BCUT2D eigenvalue weighted by molar-refractivity contribution is 5.87. The molecule has 0 aliphatic rings. The van der Waals surface area contributed by atoms with E-state index < -0.39 is 10.9 Å². The summed E-state index contributed by atoms with van der Waals surface area (Å²) in [5.41, 5.74) is 0.882. The Morgan fingerprint density at radius 3 is 2.82 bits per heavy atom.